The van der Waals surface area contributed by atoms with Gasteiger partial charge in [0.2, 0.25) is 0 Å². The van der Waals surface area contributed by atoms with Gasteiger partial charge >= 0.3 is 0 Å². The molecule has 0 bridgehead atoms. The van der Waals surface area contributed by atoms with Crippen molar-refractivity contribution in [2.75, 3.05) is 5.32 Å². The van der Waals surface area contributed by atoms with Crippen LogP contribution in [0.2, 0.25) is 0 Å². The number of ketones is 1. The van der Waals surface area contributed by atoms with Crippen LogP contribution in [0.1, 0.15) is 50.7 Å². The van der Waals surface area contributed by atoms with Gasteiger partial charge in [0.15, 0.2) is 5.78 Å². The molecule has 2 N–H and O–H groups in total. The van der Waals surface area contributed by atoms with Crippen molar-refractivity contribution < 1.29 is 9.59 Å². The van der Waals surface area contributed by atoms with Crippen molar-refractivity contribution in [3.05, 3.63) is 83.0 Å². The van der Waals surface area contributed by atoms with Crippen LogP contribution in [0.3, 0.4) is 0 Å². The molecule has 0 saturated heterocycles. The van der Waals surface area contributed by atoms with Gasteiger partial charge in [0.25, 0.3) is 5.91 Å². The molecule has 0 atom stereocenters. The molecule has 1 aromatic heterocycles. The highest BCUT2D eigenvalue weighted by Crippen LogP contribution is 2.39. The molecule has 0 spiro atoms. The standard InChI is InChI=1S/C20H17N3O2/c24-19(14-4-2-1-3-5-14)15-8-10-16(11-9-15)20(25)21-18-12-17(22-23-18)13-6-7-13/h1-5,8-13H,6-7H2,(H2,21,22,23,25). The summed E-state index contributed by atoms with van der Waals surface area (Å²) >= 11 is 0. The third kappa shape index (κ3) is 3.35. The third-order valence-corrected chi connectivity index (χ3v) is 4.29. The Balaban J connectivity index is 1.45. The predicted molar refractivity (Wildman–Crippen MR) is 94.8 cm³/mol. The molecule has 0 radical (unpaired) electrons. The van der Waals surface area contributed by atoms with E-state index in [0.29, 0.717) is 28.4 Å². The summed E-state index contributed by atoms with van der Waals surface area (Å²) in [5.41, 5.74) is 2.68. The highest BCUT2D eigenvalue weighted by Gasteiger charge is 2.26. The topological polar surface area (TPSA) is 74.8 Å². The van der Waals surface area contributed by atoms with Gasteiger partial charge in [-0.25, -0.2) is 0 Å². The van der Waals surface area contributed by atoms with Gasteiger partial charge in [-0.3, -0.25) is 14.7 Å². The summed E-state index contributed by atoms with van der Waals surface area (Å²) in [5, 5.41) is 9.85. The largest absolute Gasteiger partial charge is 0.307 e. The van der Waals surface area contributed by atoms with E-state index >= 15 is 0 Å². The molecule has 5 heteroatoms. The number of carbonyl (C=O) groups excluding carboxylic acids is 2. The van der Waals surface area contributed by atoms with Gasteiger partial charge in [0.1, 0.15) is 5.82 Å². The van der Waals surface area contributed by atoms with Gasteiger partial charge in [-0.1, -0.05) is 42.5 Å². The summed E-state index contributed by atoms with van der Waals surface area (Å²) in [4.78, 5) is 24.7. The second-order valence-electron chi connectivity index (χ2n) is 6.21. The molecule has 1 fully saturated rings. The second-order valence-corrected chi connectivity index (χ2v) is 6.21. The van der Waals surface area contributed by atoms with E-state index in [1.165, 1.54) is 0 Å². The van der Waals surface area contributed by atoms with Crippen molar-refractivity contribution in [2.24, 2.45) is 0 Å². The number of aromatic nitrogens is 2. The predicted octanol–water partition coefficient (Wildman–Crippen LogP) is 3.77. The first-order valence-electron chi connectivity index (χ1n) is 8.27. The van der Waals surface area contributed by atoms with E-state index in [1.807, 2.05) is 24.3 Å². The molecule has 1 saturated carbocycles. The number of rotatable bonds is 5. The Morgan fingerprint density at radius 3 is 2.24 bits per heavy atom. The van der Waals surface area contributed by atoms with E-state index in [0.717, 1.165) is 18.5 Å². The van der Waals surface area contributed by atoms with Crippen LogP contribution < -0.4 is 5.32 Å². The first-order valence-corrected chi connectivity index (χ1v) is 8.27. The van der Waals surface area contributed by atoms with E-state index in [4.69, 9.17) is 0 Å². The lowest BCUT2D eigenvalue weighted by Gasteiger charge is -2.04. The fraction of sp³-hybridized carbons (Fsp3) is 0.150. The molecule has 3 aromatic rings. The minimum atomic E-state index is -0.232. The maximum atomic E-state index is 12.4. The number of nitrogens with zero attached hydrogens (tertiary/aromatic N) is 1. The third-order valence-electron chi connectivity index (χ3n) is 4.29. The number of carbonyl (C=O) groups is 2. The van der Waals surface area contributed by atoms with Crippen molar-refractivity contribution >= 4 is 17.5 Å². The van der Waals surface area contributed by atoms with Crippen molar-refractivity contribution in [3.63, 3.8) is 0 Å². The Morgan fingerprint density at radius 1 is 0.920 bits per heavy atom. The first-order chi connectivity index (χ1) is 12.2. The molecule has 0 unspecified atom stereocenters. The maximum Gasteiger partial charge on any atom is 0.256 e. The number of H-pyrrole nitrogens is 1. The Kier molecular flexibility index (Phi) is 3.90. The lowest BCUT2D eigenvalue weighted by Crippen LogP contribution is -2.12. The zero-order valence-corrected chi connectivity index (χ0v) is 13.5. The highest BCUT2D eigenvalue weighted by atomic mass is 16.1. The minimum absolute atomic E-state index is 0.0600. The second kappa shape index (κ2) is 6.36. The Morgan fingerprint density at radius 2 is 1.56 bits per heavy atom. The molecule has 1 aliphatic carbocycles. The number of aromatic amines is 1. The Hall–Kier alpha value is -3.21. The normalized spacial score (nSPS) is 13.4. The number of hydrogen-bond donors (Lipinski definition) is 2. The zero-order valence-electron chi connectivity index (χ0n) is 13.5. The molecule has 5 nitrogen and oxygen atoms in total. The summed E-state index contributed by atoms with van der Waals surface area (Å²) in [6.45, 7) is 0. The maximum absolute atomic E-state index is 12.4. The van der Waals surface area contributed by atoms with E-state index in [9.17, 15) is 9.59 Å². The average molecular weight is 331 g/mol. The van der Waals surface area contributed by atoms with Crippen LogP contribution in [0, 0.1) is 0 Å². The van der Waals surface area contributed by atoms with Gasteiger partial charge in [0.05, 0.1) is 5.69 Å². The van der Waals surface area contributed by atoms with Crippen LogP contribution in [-0.2, 0) is 0 Å². The summed E-state index contributed by atoms with van der Waals surface area (Å²) < 4.78 is 0. The molecule has 25 heavy (non-hydrogen) atoms. The molecular formula is C20H17N3O2. The lowest BCUT2D eigenvalue weighted by atomic mass is 10.0. The van der Waals surface area contributed by atoms with Crippen molar-refractivity contribution in [2.45, 2.75) is 18.8 Å². The first kappa shape index (κ1) is 15.3. The summed E-state index contributed by atoms with van der Waals surface area (Å²) in [5.74, 6) is 0.835. The van der Waals surface area contributed by atoms with E-state index < -0.39 is 0 Å². The monoisotopic (exact) mass is 331 g/mol. The number of hydrogen-bond acceptors (Lipinski definition) is 3. The molecule has 1 heterocycles. The van der Waals surface area contributed by atoms with Crippen molar-refractivity contribution in [1.82, 2.24) is 10.2 Å². The van der Waals surface area contributed by atoms with Gasteiger partial charge in [0, 0.05) is 28.7 Å². The fourth-order valence-corrected chi connectivity index (χ4v) is 2.71. The highest BCUT2D eigenvalue weighted by molar-refractivity contribution is 6.10. The van der Waals surface area contributed by atoms with Gasteiger partial charge < -0.3 is 5.32 Å². The molecular weight excluding hydrogens is 314 g/mol. The van der Waals surface area contributed by atoms with Crippen molar-refractivity contribution in [3.8, 4) is 0 Å². The van der Waals surface area contributed by atoms with Crippen LogP contribution in [-0.4, -0.2) is 21.9 Å². The number of anilines is 1. The van der Waals surface area contributed by atoms with Crippen LogP contribution in [0.5, 0.6) is 0 Å². The summed E-state index contributed by atoms with van der Waals surface area (Å²) in [6.07, 6.45) is 2.32. The van der Waals surface area contributed by atoms with Crippen LogP contribution in [0.25, 0.3) is 0 Å². The fourth-order valence-electron chi connectivity index (χ4n) is 2.71. The number of benzene rings is 2. The van der Waals surface area contributed by atoms with Gasteiger partial charge in [-0.15, -0.1) is 0 Å². The molecule has 124 valence electrons. The van der Waals surface area contributed by atoms with E-state index in [-0.39, 0.29) is 11.7 Å². The van der Waals surface area contributed by atoms with Crippen LogP contribution in [0.4, 0.5) is 5.82 Å². The number of nitrogens with one attached hydrogen (secondary N) is 2. The molecule has 1 aliphatic rings. The number of amides is 1. The summed E-state index contributed by atoms with van der Waals surface area (Å²) in [7, 11) is 0. The Labute approximate surface area is 145 Å². The molecule has 2 aromatic carbocycles. The lowest BCUT2D eigenvalue weighted by molar-refractivity contribution is 0.101. The quantitative estimate of drug-likeness (QED) is 0.699. The van der Waals surface area contributed by atoms with E-state index in [1.54, 1.807) is 36.4 Å². The Bertz CT molecular complexity index is 910. The smallest absolute Gasteiger partial charge is 0.256 e. The van der Waals surface area contributed by atoms with E-state index in [2.05, 4.69) is 15.5 Å². The zero-order chi connectivity index (χ0) is 17.2. The van der Waals surface area contributed by atoms with Crippen LogP contribution >= 0.6 is 0 Å². The summed E-state index contributed by atoms with van der Waals surface area (Å²) in [6, 6.07) is 17.6. The molecule has 1 amide bonds. The molecule has 4 rings (SSSR count). The average Bonchev–Trinajstić information content (AvgIpc) is 3.41. The van der Waals surface area contributed by atoms with Gasteiger partial charge in [-0.2, -0.15) is 5.10 Å². The van der Waals surface area contributed by atoms with Crippen LogP contribution in [0.15, 0.2) is 60.7 Å². The SMILES string of the molecule is O=C(Nc1cc(C2CC2)n[nH]1)c1ccc(C(=O)c2ccccc2)cc1. The van der Waals surface area contributed by atoms with Crippen molar-refractivity contribution in [1.29, 1.82) is 0 Å². The molecule has 0 aliphatic heterocycles. The minimum Gasteiger partial charge on any atom is -0.307 e. The van der Waals surface area contributed by atoms with Gasteiger partial charge in [-0.05, 0) is 25.0 Å².